The smallest absolute Gasteiger partial charge is 0.254 e. The second kappa shape index (κ2) is 6.80. The molecule has 0 N–H and O–H groups in total. The van der Waals surface area contributed by atoms with Crippen molar-refractivity contribution in [2.24, 2.45) is 0 Å². The topological polar surface area (TPSA) is 59.2 Å². The summed E-state index contributed by atoms with van der Waals surface area (Å²) in [5.74, 6) is 0.905. The van der Waals surface area contributed by atoms with Crippen LogP contribution in [0.1, 0.15) is 42.6 Å². The number of hydrogen-bond donors (Lipinski definition) is 0. The van der Waals surface area contributed by atoms with E-state index in [1.165, 1.54) is 5.56 Å². The van der Waals surface area contributed by atoms with Crippen molar-refractivity contribution in [2.75, 3.05) is 7.05 Å². The molecule has 25 heavy (non-hydrogen) atoms. The van der Waals surface area contributed by atoms with Crippen LogP contribution >= 0.6 is 11.3 Å². The van der Waals surface area contributed by atoms with Crippen LogP contribution in [0.4, 0.5) is 0 Å². The lowest BCUT2D eigenvalue weighted by Crippen LogP contribution is -2.26. The molecule has 0 saturated heterocycles. The number of nitrogens with zero attached hydrogens (tertiary/aromatic N) is 3. The Hall–Kier alpha value is -2.47. The maximum absolute atomic E-state index is 12.6. The standard InChI is InChI=1S/C19H21N3O2S/c1-19(2,3)14-9-7-13(8-10-14)18(23)22(4)12-16-20-17(21-24-16)15-6-5-11-25-15/h5-11H,12H2,1-4H3. The molecule has 0 spiro atoms. The second-order valence-electron chi connectivity index (χ2n) is 6.98. The molecule has 2 aromatic heterocycles. The van der Waals surface area contributed by atoms with E-state index in [0.29, 0.717) is 17.3 Å². The van der Waals surface area contributed by atoms with Gasteiger partial charge in [0.25, 0.3) is 5.91 Å². The minimum atomic E-state index is -0.0728. The lowest BCUT2D eigenvalue weighted by Gasteiger charge is -2.20. The normalized spacial score (nSPS) is 11.5. The summed E-state index contributed by atoms with van der Waals surface area (Å²) in [6.45, 7) is 6.72. The van der Waals surface area contributed by atoms with E-state index in [4.69, 9.17) is 4.52 Å². The van der Waals surface area contributed by atoms with Crippen LogP contribution in [0.5, 0.6) is 0 Å². The minimum Gasteiger partial charge on any atom is -0.337 e. The zero-order valence-electron chi connectivity index (χ0n) is 14.8. The summed E-state index contributed by atoms with van der Waals surface area (Å²) in [4.78, 5) is 19.5. The molecule has 0 fully saturated rings. The highest BCUT2D eigenvalue weighted by Crippen LogP contribution is 2.23. The van der Waals surface area contributed by atoms with E-state index in [1.807, 2.05) is 41.8 Å². The Morgan fingerprint density at radius 1 is 1.20 bits per heavy atom. The number of amides is 1. The van der Waals surface area contributed by atoms with Crippen molar-refractivity contribution in [1.82, 2.24) is 15.0 Å². The van der Waals surface area contributed by atoms with Crippen molar-refractivity contribution >= 4 is 17.2 Å². The van der Waals surface area contributed by atoms with Crippen LogP contribution in [0.2, 0.25) is 0 Å². The highest BCUT2D eigenvalue weighted by molar-refractivity contribution is 7.13. The predicted octanol–water partition coefficient (Wildman–Crippen LogP) is 4.37. The summed E-state index contributed by atoms with van der Waals surface area (Å²) in [6, 6.07) is 11.6. The SMILES string of the molecule is CN(Cc1nc(-c2cccs2)no1)C(=O)c1ccc(C(C)(C)C)cc1. The number of hydrogen-bond acceptors (Lipinski definition) is 5. The maximum Gasteiger partial charge on any atom is 0.254 e. The van der Waals surface area contributed by atoms with Crippen molar-refractivity contribution in [2.45, 2.75) is 32.7 Å². The third-order valence-corrected chi connectivity index (χ3v) is 4.79. The summed E-state index contributed by atoms with van der Waals surface area (Å²) in [7, 11) is 1.73. The van der Waals surface area contributed by atoms with Crippen molar-refractivity contribution in [3.05, 3.63) is 58.8 Å². The van der Waals surface area contributed by atoms with Crippen molar-refractivity contribution in [3.63, 3.8) is 0 Å². The number of thiophene rings is 1. The van der Waals surface area contributed by atoms with E-state index < -0.39 is 0 Å². The molecule has 2 heterocycles. The van der Waals surface area contributed by atoms with Crippen LogP contribution in [0.25, 0.3) is 10.7 Å². The maximum atomic E-state index is 12.6. The number of carbonyl (C=O) groups excluding carboxylic acids is 1. The lowest BCUT2D eigenvalue weighted by molar-refractivity contribution is 0.0769. The highest BCUT2D eigenvalue weighted by Gasteiger charge is 2.18. The Bertz CT molecular complexity index is 846. The van der Waals surface area contributed by atoms with Gasteiger partial charge in [-0.1, -0.05) is 44.1 Å². The van der Waals surface area contributed by atoms with Gasteiger partial charge in [-0.15, -0.1) is 11.3 Å². The van der Waals surface area contributed by atoms with E-state index in [0.717, 1.165) is 4.88 Å². The third-order valence-electron chi connectivity index (χ3n) is 3.93. The molecule has 0 unspecified atom stereocenters. The largest absolute Gasteiger partial charge is 0.337 e. The Balaban J connectivity index is 1.68. The van der Waals surface area contributed by atoms with E-state index in [-0.39, 0.29) is 17.9 Å². The average molecular weight is 355 g/mol. The molecule has 0 aliphatic heterocycles. The molecule has 3 rings (SSSR count). The van der Waals surface area contributed by atoms with Gasteiger partial charge in [0.15, 0.2) is 0 Å². The molecule has 6 heteroatoms. The number of carbonyl (C=O) groups is 1. The molecular weight excluding hydrogens is 334 g/mol. The van der Waals surface area contributed by atoms with Gasteiger partial charge in [-0.25, -0.2) is 0 Å². The zero-order valence-corrected chi connectivity index (χ0v) is 15.6. The molecule has 3 aromatic rings. The molecule has 0 aliphatic carbocycles. The van der Waals surface area contributed by atoms with Gasteiger partial charge in [0.1, 0.15) is 0 Å². The number of benzene rings is 1. The zero-order chi connectivity index (χ0) is 18.0. The van der Waals surface area contributed by atoms with Gasteiger partial charge < -0.3 is 9.42 Å². The van der Waals surface area contributed by atoms with Gasteiger partial charge in [0.2, 0.25) is 11.7 Å². The van der Waals surface area contributed by atoms with Gasteiger partial charge in [-0.2, -0.15) is 4.98 Å². The summed E-state index contributed by atoms with van der Waals surface area (Å²) < 4.78 is 5.26. The van der Waals surface area contributed by atoms with Gasteiger partial charge in [-0.05, 0) is 34.6 Å². The molecule has 0 saturated carbocycles. The molecule has 130 valence electrons. The summed E-state index contributed by atoms with van der Waals surface area (Å²) >= 11 is 1.55. The Morgan fingerprint density at radius 2 is 1.92 bits per heavy atom. The van der Waals surface area contributed by atoms with E-state index in [2.05, 4.69) is 30.9 Å². The molecular formula is C19H21N3O2S. The highest BCUT2D eigenvalue weighted by atomic mass is 32.1. The van der Waals surface area contributed by atoms with Gasteiger partial charge in [-0.3, -0.25) is 4.79 Å². The van der Waals surface area contributed by atoms with Crippen LogP contribution in [-0.2, 0) is 12.0 Å². The first-order valence-corrected chi connectivity index (χ1v) is 8.95. The first-order valence-electron chi connectivity index (χ1n) is 8.07. The van der Waals surface area contributed by atoms with Gasteiger partial charge in [0.05, 0.1) is 11.4 Å². The number of aromatic nitrogens is 2. The minimum absolute atomic E-state index is 0.0649. The van der Waals surface area contributed by atoms with Crippen LogP contribution in [0.3, 0.4) is 0 Å². The fraction of sp³-hybridized carbons (Fsp3) is 0.316. The van der Waals surface area contributed by atoms with Gasteiger partial charge >= 0.3 is 0 Å². The first kappa shape index (κ1) is 17.4. The van der Waals surface area contributed by atoms with Crippen molar-refractivity contribution in [1.29, 1.82) is 0 Å². The monoisotopic (exact) mass is 355 g/mol. The van der Waals surface area contributed by atoms with E-state index >= 15 is 0 Å². The van der Waals surface area contributed by atoms with Crippen LogP contribution in [0.15, 0.2) is 46.3 Å². The second-order valence-corrected chi connectivity index (χ2v) is 7.93. The summed E-state index contributed by atoms with van der Waals surface area (Å²) in [5.41, 5.74) is 1.91. The van der Waals surface area contributed by atoms with E-state index in [9.17, 15) is 4.79 Å². The Morgan fingerprint density at radius 3 is 2.52 bits per heavy atom. The quantitative estimate of drug-likeness (QED) is 0.697. The third kappa shape index (κ3) is 3.96. The molecule has 0 radical (unpaired) electrons. The molecule has 1 amide bonds. The first-order chi connectivity index (χ1) is 11.8. The molecule has 1 aromatic carbocycles. The van der Waals surface area contributed by atoms with Crippen LogP contribution in [0, 0.1) is 0 Å². The van der Waals surface area contributed by atoms with Crippen molar-refractivity contribution < 1.29 is 9.32 Å². The van der Waals surface area contributed by atoms with Crippen LogP contribution < -0.4 is 0 Å². The van der Waals surface area contributed by atoms with E-state index in [1.54, 1.807) is 23.3 Å². The predicted molar refractivity (Wildman–Crippen MR) is 98.6 cm³/mol. The van der Waals surface area contributed by atoms with Crippen LogP contribution in [-0.4, -0.2) is 28.0 Å². The Labute approximate surface area is 151 Å². The molecule has 0 bridgehead atoms. The van der Waals surface area contributed by atoms with Gasteiger partial charge in [0, 0.05) is 12.6 Å². The molecule has 0 atom stereocenters. The Kier molecular flexibility index (Phi) is 4.72. The fourth-order valence-corrected chi connectivity index (χ4v) is 3.08. The summed E-state index contributed by atoms with van der Waals surface area (Å²) in [6.07, 6.45) is 0. The average Bonchev–Trinajstić information content (AvgIpc) is 3.24. The molecule has 0 aliphatic rings. The van der Waals surface area contributed by atoms with Crippen molar-refractivity contribution in [3.8, 4) is 10.7 Å². The summed E-state index contributed by atoms with van der Waals surface area (Å²) in [5, 5.41) is 5.93. The fourth-order valence-electron chi connectivity index (χ4n) is 2.43. The number of rotatable bonds is 4. The lowest BCUT2D eigenvalue weighted by atomic mass is 9.86. The molecule has 5 nitrogen and oxygen atoms in total.